The summed E-state index contributed by atoms with van der Waals surface area (Å²) in [6.45, 7) is 0. The normalized spacial score (nSPS) is 10.6. The zero-order valence-corrected chi connectivity index (χ0v) is 14.2. The van der Waals surface area contributed by atoms with E-state index < -0.39 is 5.91 Å². The van der Waals surface area contributed by atoms with Crippen molar-refractivity contribution in [2.24, 2.45) is 5.73 Å². The minimum absolute atomic E-state index is 0.0150. The van der Waals surface area contributed by atoms with Gasteiger partial charge in [-0.25, -0.2) is 4.39 Å². The predicted molar refractivity (Wildman–Crippen MR) is 91.9 cm³/mol. The zero-order chi connectivity index (χ0) is 17.8. The fourth-order valence-corrected chi connectivity index (χ4v) is 3.24. The van der Waals surface area contributed by atoms with E-state index >= 15 is 0 Å². The van der Waals surface area contributed by atoms with Crippen LogP contribution in [0.4, 0.5) is 9.39 Å². The van der Waals surface area contributed by atoms with Crippen molar-refractivity contribution in [1.82, 2.24) is 10.2 Å². The molecule has 0 saturated carbocycles. The fraction of sp³-hybridized carbons (Fsp3) is 0.0667. The Morgan fingerprint density at radius 1 is 1.24 bits per heavy atom. The van der Waals surface area contributed by atoms with Gasteiger partial charge in [0.15, 0.2) is 0 Å². The van der Waals surface area contributed by atoms with E-state index in [2.05, 4.69) is 15.5 Å². The van der Waals surface area contributed by atoms with Crippen molar-refractivity contribution in [3.8, 4) is 11.5 Å². The molecule has 0 spiro atoms. The van der Waals surface area contributed by atoms with Crippen LogP contribution < -0.4 is 11.1 Å². The molecule has 3 rings (SSSR count). The Kier molecular flexibility index (Phi) is 5.10. The van der Waals surface area contributed by atoms with Crippen LogP contribution in [-0.4, -0.2) is 27.8 Å². The summed E-state index contributed by atoms with van der Waals surface area (Å²) in [4.78, 5) is 23.2. The Balaban J connectivity index is 1.58. The van der Waals surface area contributed by atoms with E-state index in [0.717, 1.165) is 11.8 Å². The number of benzene rings is 1. The molecule has 0 aliphatic carbocycles. The van der Waals surface area contributed by atoms with Gasteiger partial charge in [-0.15, -0.1) is 21.5 Å². The average molecular weight is 378 g/mol. The lowest BCUT2D eigenvalue weighted by Gasteiger charge is -2.02. The Bertz CT molecular complexity index is 908. The Morgan fingerprint density at radius 3 is 2.72 bits per heavy atom. The summed E-state index contributed by atoms with van der Waals surface area (Å²) in [6.07, 6.45) is 0. The number of carbonyl (C=O) groups excluding carboxylic acids is 2. The highest BCUT2D eigenvalue weighted by atomic mass is 32.2. The molecule has 0 aliphatic rings. The van der Waals surface area contributed by atoms with Crippen molar-refractivity contribution in [2.45, 2.75) is 5.22 Å². The zero-order valence-electron chi connectivity index (χ0n) is 12.6. The van der Waals surface area contributed by atoms with E-state index in [1.165, 1.54) is 35.6 Å². The van der Waals surface area contributed by atoms with Crippen LogP contribution in [0.25, 0.3) is 11.5 Å². The summed E-state index contributed by atoms with van der Waals surface area (Å²) in [7, 11) is 0. The topological polar surface area (TPSA) is 111 Å². The molecule has 0 bridgehead atoms. The van der Waals surface area contributed by atoms with E-state index in [1.807, 2.05) is 0 Å². The van der Waals surface area contributed by atoms with Crippen LogP contribution in [0, 0.1) is 5.82 Å². The molecule has 0 saturated heterocycles. The van der Waals surface area contributed by atoms with Crippen LogP contribution >= 0.6 is 23.1 Å². The van der Waals surface area contributed by atoms with Gasteiger partial charge in [-0.1, -0.05) is 11.8 Å². The molecule has 0 atom stereocenters. The number of hydrogen-bond acceptors (Lipinski definition) is 7. The first-order valence-corrected chi connectivity index (χ1v) is 8.79. The molecule has 10 heteroatoms. The number of nitrogens with one attached hydrogen (secondary N) is 1. The third-order valence-corrected chi connectivity index (χ3v) is 4.66. The number of thioether (sulfide) groups is 1. The third-order valence-electron chi connectivity index (χ3n) is 3.01. The maximum atomic E-state index is 12.9. The molecule has 0 fully saturated rings. The standard InChI is InChI=1S/C15H11FN4O3S2/c16-9-3-1-8(2-4-9)13-19-20-15(23-13)25-7-11(21)18-14-10(12(17)22)5-6-24-14/h1-6H,7H2,(H2,17,22)(H,18,21). The number of primary amides is 1. The van der Waals surface area contributed by atoms with Gasteiger partial charge in [0.25, 0.3) is 11.1 Å². The molecular formula is C15H11FN4O3S2. The Morgan fingerprint density at radius 2 is 2.00 bits per heavy atom. The Labute approximate surface area is 149 Å². The van der Waals surface area contributed by atoms with Gasteiger partial charge in [0.2, 0.25) is 11.8 Å². The molecule has 128 valence electrons. The monoisotopic (exact) mass is 378 g/mol. The lowest BCUT2D eigenvalue weighted by molar-refractivity contribution is -0.113. The van der Waals surface area contributed by atoms with E-state index in [4.69, 9.17) is 10.2 Å². The lowest BCUT2D eigenvalue weighted by atomic mass is 10.2. The number of hydrogen-bond donors (Lipinski definition) is 2. The molecule has 0 aliphatic heterocycles. The molecule has 3 aromatic rings. The number of halogens is 1. The van der Waals surface area contributed by atoms with Gasteiger partial charge in [0.1, 0.15) is 10.8 Å². The average Bonchev–Trinajstić information content (AvgIpc) is 3.23. The summed E-state index contributed by atoms with van der Waals surface area (Å²) in [5.41, 5.74) is 6.06. The van der Waals surface area contributed by atoms with Crippen LogP contribution in [0.3, 0.4) is 0 Å². The fourth-order valence-electron chi connectivity index (χ4n) is 1.87. The minimum Gasteiger partial charge on any atom is -0.411 e. The van der Waals surface area contributed by atoms with Crippen LogP contribution in [0.15, 0.2) is 45.4 Å². The van der Waals surface area contributed by atoms with Crippen LogP contribution in [0.1, 0.15) is 10.4 Å². The van der Waals surface area contributed by atoms with Gasteiger partial charge in [-0.05, 0) is 35.7 Å². The first-order valence-electron chi connectivity index (χ1n) is 6.92. The molecule has 2 amide bonds. The van der Waals surface area contributed by atoms with Crippen molar-refractivity contribution >= 4 is 39.9 Å². The Hall–Kier alpha value is -2.72. The number of amides is 2. The van der Waals surface area contributed by atoms with E-state index in [0.29, 0.717) is 10.6 Å². The summed E-state index contributed by atoms with van der Waals surface area (Å²) in [5, 5.41) is 12.6. The SMILES string of the molecule is NC(=O)c1ccsc1NC(=O)CSc1nnc(-c2ccc(F)cc2)o1. The van der Waals surface area contributed by atoms with Crippen molar-refractivity contribution in [3.05, 3.63) is 47.1 Å². The van der Waals surface area contributed by atoms with Crippen molar-refractivity contribution in [1.29, 1.82) is 0 Å². The second-order valence-electron chi connectivity index (χ2n) is 4.74. The number of thiophene rings is 1. The number of carbonyl (C=O) groups is 2. The number of anilines is 1. The summed E-state index contributed by atoms with van der Waals surface area (Å²) >= 11 is 2.25. The molecule has 0 unspecified atom stereocenters. The molecule has 2 heterocycles. The summed E-state index contributed by atoms with van der Waals surface area (Å²) < 4.78 is 18.3. The maximum Gasteiger partial charge on any atom is 0.277 e. The van der Waals surface area contributed by atoms with Crippen LogP contribution in [0.2, 0.25) is 0 Å². The number of nitrogens with two attached hydrogens (primary N) is 1. The number of aromatic nitrogens is 2. The van der Waals surface area contributed by atoms with E-state index in [-0.39, 0.29) is 34.2 Å². The second kappa shape index (κ2) is 7.45. The molecule has 2 aromatic heterocycles. The first kappa shape index (κ1) is 17.1. The molecule has 0 radical (unpaired) electrons. The quantitative estimate of drug-likeness (QED) is 0.638. The third kappa shape index (κ3) is 4.22. The largest absolute Gasteiger partial charge is 0.411 e. The van der Waals surface area contributed by atoms with Gasteiger partial charge in [0, 0.05) is 5.56 Å². The lowest BCUT2D eigenvalue weighted by Crippen LogP contribution is -2.17. The first-order chi connectivity index (χ1) is 12.0. The van der Waals surface area contributed by atoms with Gasteiger partial charge < -0.3 is 15.5 Å². The van der Waals surface area contributed by atoms with Crippen molar-refractivity contribution in [3.63, 3.8) is 0 Å². The minimum atomic E-state index is -0.606. The highest BCUT2D eigenvalue weighted by molar-refractivity contribution is 7.99. The highest BCUT2D eigenvalue weighted by Gasteiger charge is 2.15. The number of nitrogens with zero attached hydrogens (tertiary/aromatic N) is 2. The predicted octanol–water partition coefficient (Wildman–Crippen LogP) is 2.77. The van der Waals surface area contributed by atoms with Gasteiger partial charge in [-0.2, -0.15) is 0 Å². The van der Waals surface area contributed by atoms with Crippen molar-refractivity contribution in [2.75, 3.05) is 11.1 Å². The highest BCUT2D eigenvalue weighted by Crippen LogP contribution is 2.25. The van der Waals surface area contributed by atoms with Crippen molar-refractivity contribution < 1.29 is 18.4 Å². The molecular weight excluding hydrogens is 367 g/mol. The van der Waals surface area contributed by atoms with Gasteiger partial charge in [0.05, 0.1) is 11.3 Å². The van der Waals surface area contributed by atoms with Crippen LogP contribution in [0.5, 0.6) is 0 Å². The van der Waals surface area contributed by atoms with Crippen LogP contribution in [-0.2, 0) is 4.79 Å². The maximum absolute atomic E-state index is 12.9. The van der Waals surface area contributed by atoms with E-state index in [1.54, 1.807) is 11.4 Å². The molecule has 1 aromatic carbocycles. The van der Waals surface area contributed by atoms with Gasteiger partial charge >= 0.3 is 0 Å². The smallest absolute Gasteiger partial charge is 0.277 e. The van der Waals surface area contributed by atoms with Gasteiger partial charge in [-0.3, -0.25) is 9.59 Å². The second-order valence-corrected chi connectivity index (χ2v) is 6.59. The van der Waals surface area contributed by atoms with E-state index in [9.17, 15) is 14.0 Å². The summed E-state index contributed by atoms with van der Waals surface area (Å²) in [5.74, 6) is -1.06. The molecule has 7 nitrogen and oxygen atoms in total. The number of rotatable bonds is 6. The molecule has 25 heavy (non-hydrogen) atoms. The molecule has 3 N–H and O–H groups in total. The summed E-state index contributed by atoms with van der Waals surface area (Å²) in [6, 6.07) is 7.16.